The average Bonchev–Trinajstić information content (AvgIpc) is 2.39. The Labute approximate surface area is 114 Å². The number of hydrogen-bond acceptors (Lipinski definition) is 2. The van der Waals surface area contributed by atoms with Crippen LogP contribution >= 0.6 is 0 Å². The van der Waals surface area contributed by atoms with Crippen LogP contribution in [0.3, 0.4) is 0 Å². The van der Waals surface area contributed by atoms with E-state index in [1.165, 1.54) is 0 Å². The molecule has 0 aromatic heterocycles. The number of rotatable bonds is 2. The normalized spacial score (nSPS) is 9.68. The van der Waals surface area contributed by atoms with Gasteiger partial charge in [-0.3, -0.25) is 0 Å². The summed E-state index contributed by atoms with van der Waals surface area (Å²) < 4.78 is 0. The van der Waals surface area contributed by atoms with Crippen molar-refractivity contribution >= 4 is 5.97 Å². The fourth-order valence-corrected chi connectivity index (χ4v) is 1.46. The predicted molar refractivity (Wildman–Crippen MR) is 78.4 cm³/mol. The molecule has 19 heavy (non-hydrogen) atoms. The average molecular weight is 257 g/mol. The number of carboxylic acids is 1. The Morgan fingerprint density at radius 1 is 0.895 bits per heavy atom. The second-order valence-electron chi connectivity index (χ2n) is 4.59. The first-order chi connectivity index (χ1) is 9.00. The van der Waals surface area contributed by atoms with E-state index < -0.39 is 5.97 Å². The van der Waals surface area contributed by atoms with E-state index in [9.17, 15) is 4.79 Å². The smallest absolute Gasteiger partial charge is 0.335 e. The molecule has 3 nitrogen and oxygen atoms in total. The minimum Gasteiger partial charge on any atom is -0.478 e. The summed E-state index contributed by atoms with van der Waals surface area (Å²) in [5.41, 5.74) is 2.27. The molecular weight excluding hydrogens is 238 g/mol. The van der Waals surface area contributed by atoms with E-state index in [-0.39, 0.29) is 0 Å². The maximum Gasteiger partial charge on any atom is 0.335 e. The summed E-state index contributed by atoms with van der Waals surface area (Å²) in [7, 11) is 6.00. The summed E-state index contributed by atoms with van der Waals surface area (Å²) >= 11 is 0. The molecule has 3 heteroatoms. The molecule has 100 valence electrons. The molecule has 0 aliphatic carbocycles. The molecule has 0 amide bonds. The van der Waals surface area contributed by atoms with Crippen LogP contribution in [-0.4, -0.2) is 37.1 Å². The van der Waals surface area contributed by atoms with Gasteiger partial charge in [0.15, 0.2) is 0 Å². The predicted octanol–water partition coefficient (Wildman–Crippen LogP) is 3.23. The third-order valence-electron chi connectivity index (χ3n) is 2.22. The maximum absolute atomic E-state index is 10.8. The van der Waals surface area contributed by atoms with Gasteiger partial charge in [-0.15, -0.1) is 0 Å². The second kappa shape index (κ2) is 7.34. The molecule has 0 radical (unpaired) electrons. The number of hydrogen-bond donors (Lipinski definition) is 1. The molecular formula is C16H19NO2. The highest BCUT2D eigenvalue weighted by atomic mass is 16.4. The van der Waals surface area contributed by atoms with Gasteiger partial charge in [0.05, 0.1) is 5.56 Å². The molecule has 0 saturated heterocycles. The monoisotopic (exact) mass is 257 g/mol. The lowest BCUT2D eigenvalue weighted by atomic mass is 10.0. The van der Waals surface area contributed by atoms with Crippen molar-refractivity contribution in [2.45, 2.75) is 0 Å². The lowest BCUT2D eigenvalue weighted by Crippen LogP contribution is -1.99. The zero-order valence-electron chi connectivity index (χ0n) is 11.5. The van der Waals surface area contributed by atoms with Crippen molar-refractivity contribution in [3.8, 4) is 11.1 Å². The van der Waals surface area contributed by atoms with Gasteiger partial charge in [0, 0.05) is 0 Å². The first-order valence-electron chi connectivity index (χ1n) is 6.00. The third kappa shape index (κ3) is 5.36. The van der Waals surface area contributed by atoms with E-state index in [4.69, 9.17) is 5.11 Å². The molecule has 0 spiro atoms. The Hall–Kier alpha value is -2.13. The standard InChI is InChI=1S/C13H10O2.C3H9N/c14-13(15)12-8-4-7-11(9-12)10-5-2-1-3-6-10;1-4(2)3/h1-9H,(H,14,15);1-3H3. The fourth-order valence-electron chi connectivity index (χ4n) is 1.46. The SMILES string of the molecule is CN(C)C.O=C(O)c1cccc(-c2ccccc2)c1. The molecule has 0 unspecified atom stereocenters. The van der Waals surface area contributed by atoms with Crippen molar-refractivity contribution in [3.05, 3.63) is 60.2 Å². The quantitative estimate of drug-likeness (QED) is 0.898. The van der Waals surface area contributed by atoms with Crippen LogP contribution in [0.5, 0.6) is 0 Å². The molecule has 2 aromatic rings. The van der Waals surface area contributed by atoms with Crippen molar-refractivity contribution < 1.29 is 9.90 Å². The van der Waals surface area contributed by atoms with Crippen LogP contribution in [0.2, 0.25) is 0 Å². The topological polar surface area (TPSA) is 40.5 Å². The fraction of sp³-hybridized carbons (Fsp3) is 0.188. The van der Waals surface area contributed by atoms with E-state index in [2.05, 4.69) is 0 Å². The molecule has 0 atom stereocenters. The molecule has 0 aliphatic rings. The van der Waals surface area contributed by atoms with Gasteiger partial charge in [-0.2, -0.15) is 0 Å². The summed E-state index contributed by atoms with van der Waals surface area (Å²) in [6.07, 6.45) is 0. The summed E-state index contributed by atoms with van der Waals surface area (Å²) in [6, 6.07) is 16.7. The van der Waals surface area contributed by atoms with Crippen molar-refractivity contribution in [1.29, 1.82) is 0 Å². The number of benzene rings is 2. The highest BCUT2D eigenvalue weighted by Crippen LogP contribution is 2.19. The van der Waals surface area contributed by atoms with E-state index in [1.807, 2.05) is 62.4 Å². The summed E-state index contributed by atoms with van der Waals surface area (Å²) in [5, 5.41) is 8.86. The Morgan fingerprint density at radius 3 is 1.95 bits per heavy atom. The highest BCUT2D eigenvalue weighted by Gasteiger charge is 2.03. The van der Waals surface area contributed by atoms with E-state index in [1.54, 1.807) is 18.2 Å². The van der Waals surface area contributed by atoms with Gasteiger partial charge in [-0.1, -0.05) is 42.5 Å². The minimum absolute atomic E-state index is 0.316. The van der Waals surface area contributed by atoms with Gasteiger partial charge in [0.1, 0.15) is 0 Å². The highest BCUT2D eigenvalue weighted by molar-refractivity contribution is 5.89. The van der Waals surface area contributed by atoms with Gasteiger partial charge in [-0.05, 0) is 44.4 Å². The van der Waals surface area contributed by atoms with E-state index >= 15 is 0 Å². The molecule has 2 aromatic carbocycles. The van der Waals surface area contributed by atoms with Crippen LogP contribution in [0.25, 0.3) is 11.1 Å². The molecule has 0 fully saturated rings. The Bertz CT molecular complexity index is 519. The number of aromatic carboxylic acids is 1. The van der Waals surface area contributed by atoms with Crippen LogP contribution in [0.1, 0.15) is 10.4 Å². The molecule has 1 N–H and O–H groups in total. The number of carboxylic acid groups (broad SMARTS) is 1. The van der Waals surface area contributed by atoms with Crippen molar-refractivity contribution in [1.82, 2.24) is 4.90 Å². The van der Waals surface area contributed by atoms with Gasteiger partial charge in [0.25, 0.3) is 0 Å². The van der Waals surface area contributed by atoms with E-state index in [0.29, 0.717) is 5.56 Å². The maximum atomic E-state index is 10.8. The first kappa shape index (κ1) is 14.9. The largest absolute Gasteiger partial charge is 0.478 e. The van der Waals surface area contributed by atoms with Gasteiger partial charge < -0.3 is 10.0 Å². The van der Waals surface area contributed by atoms with Crippen LogP contribution in [0.4, 0.5) is 0 Å². The van der Waals surface area contributed by atoms with Crippen molar-refractivity contribution in [2.24, 2.45) is 0 Å². The summed E-state index contributed by atoms with van der Waals surface area (Å²) in [4.78, 5) is 12.8. The van der Waals surface area contributed by atoms with Gasteiger partial charge in [-0.25, -0.2) is 4.79 Å². The molecule has 2 rings (SSSR count). The minimum atomic E-state index is -0.896. The molecule has 0 bridgehead atoms. The Balaban J connectivity index is 0.000000399. The second-order valence-corrected chi connectivity index (χ2v) is 4.59. The summed E-state index contributed by atoms with van der Waals surface area (Å²) in [5.74, 6) is -0.896. The van der Waals surface area contributed by atoms with Crippen LogP contribution in [-0.2, 0) is 0 Å². The lowest BCUT2D eigenvalue weighted by molar-refractivity contribution is 0.0697. The van der Waals surface area contributed by atoms with Gasteiger partial charge >= 0.3 is 5.97 Å². The number of carbonyl (C=O) groups is 1. The summed E-state index contributed by atoms with van der Waals surface area (Å²) in [6.45, 7) is 0. The van der Waals surface area contributed by atoms with Crippen LogP contribution in [0, 0.1) is 0 Å². The van der Waals surface area contributed by atoms with Crippen molar-refractivity contribution in [2.75, 3.05) is 21.1 Å². The van der Waals surface area contributed by atoms with E-state index in [0.717, 1.165) is 11.1 Å². The first-order valence-corrected chi connectivity index (χ1v) is 6.00. The Kier molecular flexibility index (Phi) is 5.76. The molecule has 0 aliphatic heterocycles. The zero-order chi connectivity index (χ0) is 14.3. The lowest BCUT2D eigenvalue weighted by Gasteiger charge is -2.02. The Morgan fingerprint density at radius 2 is 1.42 bits per heavy atom. The van der Waals surface area contributed by atoms with Gasteiger partial charge in [0.2, 0.25) is 0 Å². The number of nitrogens with zero attached hydrogens (tertiary/aromatic N) is 1. The molecule has 0 heterocycles. The van der Waals surface area contributed by atoms with Crippen LogP contribution < -0.4 is 0 Å². The van der Waals surface area contributed by atoms with Crippen molar-refractivity contribution in [3.63, 3.8) is 0 Å². The molecule has 0 saturated carbocycles. The third-order valence-corrected chi connectivity index (χ3v) is 2.22. The zero-order valence-corrected chi connectivity index (χ0v) is 11.5. The van der Waals surface area contributed by atoms with Crippen LogP contribution in [0.15, 0.2) is 54.6 Å².